The van der Waals surface area contributed by atoms with E-state index in [1.54, 1.807) is 10.8 Å². The molecule has 1 heterocycles. The zero-order valence-electron chi connectivity index (χ0n) is 9.84. The smallest absolute Gasteiger partial charge is 0.195 e. The first-order valence-corrected chi connectivity index (χ1v) is 6.88. The molecule has 0 amide bonds. The van der Waals surface area contributed by atoms with Crippen molar-refractivity contribution in [3.05, 3.63) is 69.4 Å². The van der Waals surface area contributed by atoms with Crippen molar-refractivity contribution in [1.82, 2.24) is 0 Å². The molecule has 0 saturated carbocycles. The van der Waals surface area contributed by atoms with Gasteiger partial charge < -0.3 is 0 Å². The molecule has 0 N–H and O–H groups in total. The summed E-state index contributed by atoms with van der Waals surface area (Å²) in [6, 6.07) is 11.4. The Bertz CT molecular complexity index is 789. The van der Waals surface area contributed by atoms with Gasteiger partial charge in [0, 0.05) is 33.0 Å². The maximum Gasteiger partial charge on any atom is 0.195 e. The molecule has 1 aliphatic carbocycles. The Kier molecular flexibility index (Phi) is 2.03. The summed E-state index contributed by atoms with van der Waals surface area (Å²) in [7, 11) is 0. The molecular weight excluding hydrogens is 256 g/mol. The fourth-order valence-corrected chi connectivity index (χ4v) is 3.36. The van der Waals surface area contributed by atoms with Crippen molar-refractivity contribution >= 4 is 33.7 Å². The van der Waals surface area contributed by atoms with Crippen LogP contribution in [0.4, 0.5) is 0 Å². The van der Waals surface area contributed by atoms with Crippen LogP contribution in [0.25, 0.3) is 10.8 Å². The van der Waals surface area contributed by atoms with E-state index >= 15 is 0 Å². The minimum absolute atomic E-state index is 0.0448. The summed E-state index contributed by atoms with van der Waals surface area (Å²) in [4.78, 5) is 24.8. The van der Waals surface area contributed by atoms with Crippen LogP contribution in [0.1, 0.15) is 31.8 Å². The van der Waals surface area contributed by atoms with Crippen LogP contribution in [0.3, 0.4) is 0 Å². The molecule has 0 unspecified atom stereocenters. The third-order valence-electron chi connectivity index (χ3n) is 3.53. The van der Waals surface area contributed by atoms with Crippen molar-refractivity contribution in [3.63, 3.8) is 0 Å². The summed E-state index contributed by atoms with van der Waals surface area (Å²) in [6.07, 6.45) is 0. The van der Waals surface area contributed by atoms with Crippen molar-refractivity contribution < 1.29 is 9.59 Å². The van der Waals surface area contributed by atoms with E-state index in [-0.39, 0.29) is 11.6 Å². The lowest BCUT2D eigenvalue weighted by molar-refractivity contribution is 0.0980. The Morgan fingerprint density at radius 1 is 0.684 bits per heavy atom. The van der Waals surface area contributed by atoms with Crippen LogP contribution < -0.4 is 0 Å². The second-order valence-corrected chi connectivity index (χ2v) is 5.35. The first kappa shape index (κ1) is 10.6. The molecule has 0 saturated heterocycles. The van der Waals surface area contributed by atoms with Crippen LogP contribution in [-0.2, 0) is 0 Å². The molecule has 19 heavy (non-hydrogen) atoms. The van der Waals surface area contributed by atoms with Crippen LogP contribution in [0.5, 0.6) is 0 Å². The topological polar surface area (TPSA) is 34.1 Å². The number of carbonyl (C=O) groups excluding carboxylic acids is 2. The van der Waals surface area contributed by atoms with Gasteiger partial charge in [0.15, 0.2) is 11.6 Å². The van der Waals surface area contributed by atoms with Gasteiger partial charge in [0.2, 0.25) is 0 Å². The lowest BCUT2D eigenvalue weighted by Crippen LogP contribution is -2.19. The van der Waals surface area contributed by atoms with Gasteiger partial charge in [-0.3, -0.25) is 9.59 Å². The molecule has 0 spiro atoms. The van der Waals surface area contributed by atoms with E-state index in [0.29, 0.717) is 22.3 Å². The summed E-state index contributed by atoms with van der Waals surface area (Å²) >= 11 is 1.40. The van der Waals surface area contributed by atoms with Crippen molar-refractivity contribution in [1.29, 1.82) is 0 Å². The number of benzene rings is 2. The van der Waals surface area contributed by atoms with Gasteiger partial charge in [0.1, 0.15) is 0 Å². The first-order valence-electron chi connectivity index (χ1n) is 5.94. The van der Waals surface area contributed by atoms with Gasteiger partial charge >= 0.3 is 0 Å². The standard InChI is InChI=1S/C16H8O2S/c17-15-11-5-9-3-1-2-4-10(9)6-12(11)16(18)14-8-19-7-13(14)15/h1-8H. The van der Waals surface area contributed by atoms with Gasteiger partial charge in [-0.2, -0.15) is 11.3 Å². The summed E-state index contributed by atoms with van der Waals surface area (Å²) < 4.78 is 0. The summed E-state index contributed by atoms with van der Waals surface area (Å²) in [5, 5.41) is 5.49. The lowest BCUT2D eigenvalue weighted by Gasteiger charge is -2.15. The Morgan fingerprint density at radius 3 is 1.63 bits per heavy atom. The molecule has 0 atom stereocenters. The third kappa shape index (κ3) is 1.36. The Morgan fingerprint density at radius 2 is 1.16 bits per heavy atom. The van der Waals surface area contributed by atoms with Crippen LogP contribution >= 0.6 is 11.3 Å². The van der Waals surface area contributed by atoms with E-state index in [1.165, 1.54) is 11.3 Å². The molecule has 0 radical (unpaired) electrons. The number of thiophene rings is 1. The van der Waals surface area contributed by atoms with Crippen LogP contribution in [-0.4, -0.2) is 11.6 Å². The van der Waals surface area contributed by atoms with E-state index < -0.39 is 0 Å². The highest BCUT2D eigenvalue weighted by molar-refractivity contribution is 7.08. The number of carbonyl (C=O) groups is 2. The second kappa shape index (κ2) is 3.62. The number of hydrogen-bond donors (Lipinski definition) is 0. The molecule has 3 aromatic rings. The molecule has 0 aliphatic heterocycles. The van der Waals surface area contributed by atoms with E-state index in [0.717, 1.165) is 10.8 Å². The highest BCUT2D eigenvalue weighted by Gasteiger charge is 2.30. The first-order chi connectivity index (χ1) is 9.25. The van der Waals surface area contributed by atoms with Gasteiger partial charge in [-0.05, 0) is 22.9 Å². The second-order valence-electron chi connectivity index (χ2n) is 4.60. The zero-order valence-corrected chi connectivity index (χ0v) is 10.7. The summed E-state index contributed by atoms with van der Waals surface area (Å²) in [6.45, 7) is 0. The van der Waals surface area contributed by atoms with Crippen molar-refractivity contribution in [2.45, 2.75) is 0 Å². The molecule has 4 rings (SSSR count). The highest BCUT2D eigenvalue weighted by Crippen LogP contribution is 2.32. The van der Waals surface area contributed by atoms with Gasteiger partial charge in [-0.15, -0.1) is 0 Å². The number of ketones is 2. The summed E-state index contributed by atoms with van der Waals surface area (Å²) in [5.74, 6) is -0.0896. The maximum atomic E-state index is 12.4. The number of fused-ring (bicyclic) bond motifs is 3. The average molecular weight is 264 g/mol. The molecule has 3 heteroatoms. The summed E-state index contributed by atoms with van der Waals surface area (Å²) in [5.41, 5.74) is 2.12. The molecule has 2 aromatic carbocycles. The van der Waals surface area contributed by atoms with Crippen molar-refractivity contribution in [3.8, 4) is 0 Å². The van der Waals surface area contributed by atoms with Gasteiger partial charge in [0.05, 0.1) is 0 Å². The Balaban J connectivity index is 2.10. The maximum absolute atomic E-state index is 12.4. The Labute approximate surface area is 113 Å². The zero-order chi connectivity index (χ0) is 13.0. The van der Waals surface area contributed by atoms with Crippen molar-refractivity contribution in [2.24, 2.45) is 0 Å². The molecule has 1 aromatic heterocycles. The van der Waals surface area contributed by atoms with Gasteiger partial charge in [0.25, 0.3) is 0 Å². The molecule has 1 aliphatic rings. The van der Waals surface area contributed by atoms with Gasteiger partial charge in [-0.1, -0.05) is 24.3 Å². The largest absolute Gasteiger partial charge is 0.289 e. The normalized spacial score (nSPS) is 13.5. The van der Waals surface area contributed by atoms with E-state index in [9.17, 15) is 9.59 Å². The van der Waals surface area contributed by atoms with E-state index in [1.807, 2.05) is 36.4 Å². The molecule has 90 valence electrons. The lowest BCUT2D eigenvalue weighted by atomic mass is 9.85. The van der Waals surface area contributed by atoms with Gasteiger partial charge in [-0.25, -0.2) is 0 Å². The molecule has 0 bridgehead atoms. The number of rotatable bonds is 0. The third-order valence-corrected chi connectivity index (χ3v) is 4.27. The van der Waals surface area contributed by atoms with Crippen LogP contribution in [0.15, 0.2) is 47.2 Å². The fourth-order valence-electron chi connectivity index (χ4n) is 2.55. The van der Waals surface area contributed by atoms with E-state index in [2.05, 4.69) is 0 Å². The molecular formula is C16H8O2S. The minimum atomic E-state index is -0.0448. The van der Waals surface area contributed by atoms with E-state index in [4.69, 9.17) is 0 Å². The predicted molar refractivity (Wildman–Crippen MR) is 75.1 cm³/mol. The number of hydrogen-bond acceptors (Lipinski definition) is 3. The highest BCUT2D eigenvalue weighted by atomic mass is 32.1. The SMILES string of the molecule is O=C1c2cscc2C(=O)c2cc3ccccc3cc21. The Hall–Kier alpha value is -2.26. The monoisotopic (exact) mass is 264 g/mol. The fraction of sp³-hybridized carbons (Fsp3) is 0. The average Bonchev–Trinajstić information content (AvgIpc) is 2.93. The van der Waals surface area contributed by atoms with Crippen LogP contribution in [0.2, 0.25) is 0 Å². The molecule has 2 nitrogen and oxygen atoms in total. The quantitative estimate of drug-likeness (QED) is 0.485. The predicted octanol–water partition coefficient (Wildman–Crippen LogP) is 3.68. The van der Waals surface area contributed by atoms with Crippen molar-refractivity contribution in [2.75, 3.05) is 0 Å². The minimum Gasteiger partial charge on any atom is -0.289 e. The molecule has 0 fully saturated rings. The van der Waals surface area contributed by atoms with Crippen LogP contribution in [0, 0.1) is 0 Å².